The number of halogens is 2. The third kappa shape index (κ3) is 2.90. The number of piperazine rings is 1. The first-order valence-corrected chi connectivity index (χ1v) is 7.24. The number of aromatic nitrogens is 3. The maximum atomic E-state index is 6.01. The summed E-state index contributed by atoms with van der Waals surface area (Å²) in [7, 11) is 0. The van der Waals surface area contributed by atoms with Crippen molar-refractivity contribution in [3.05, 3.63) is 28.2 Å². The summed E-state index contributed by atoms with van der Waals surface area (Å²) in [6.07, 6.45) is 0. The second-order valence-corrected chi connectivity index (χ2v) is 5.82. The second-order valence-electron chi connectivity index (χ2n) is 4.94. The highest BCUT2D eigenvalue weighted by molar-refractivity contribution is 6.35. The van der Waals surface area contributed by atoms with E-state index >= 15 is 0 Å². The summed E-state index contributed by atoms with van der Waals surface area (Å²) in [5.74, 6) is 1.39. The van der Waals surface area contributed by atoms with Crippen molar-refractivity contribution in [3.8, 4) is 11.4 Å². The van der Waals surface area contributed by atoms with Gasteiger partial charge in [0.2, 0.25) is 5.95 Å². The molecule has 1 atom stereocenters. The van der Waals surface area contributed by atoms with E-state index in [-0.39, 0.29) is 0 Å². The lowest BCUT2D eigenvalue weighted by Crippen LogP contribution is -2.49. The minimum absolute atomic E-state index is 0.436. The molecule has 0 bridgehead atoms. The summed E-state index contributed by atoms with van der Waals surface area (Å²) in [5, 5.41) is 11.8. The van der Waals surface area contributed by atoms with Gasteiger partial charge in [-0.25, -0.2) is 0 Å². The molecular weight excluding hydrogens is 297 g/mol. The lowest BCUT2D eigenvalue weighted by Gasteiger charge is -2.30. The predicted molar refractivity (Wildman–Crippen MR) is 81.5 cm³/mol. The highest BCUT2D eigenvalue weighted by Crippen LogP contribution is 2.26. The van der Waals surface area contributed by atoms with Crippen LogP contribution in [0, 0.1) is 0 Å². The van der Waals surface area contributed by atoms with Gasteiger partial charge in [-0.3, -0.25) is 5.10 Å². The molecule has 1 aromatic carbocycles. The largest absolute Gasteiger partial charge is 0.337 e. The van der Waals surface area contributed by atoms with Crippen LogP contribution in [0.25, 0.3) is 11.4 Å². The van der Waals surface area contributed by atoms with E-state index < -0.39 is 0 Å². The fourth-order valence-corrected chi connectivity index (χ4v) is 2.85. The van der Waals surface area contributed by atoms with Crippen LogP contribution in [0.5, 0.6) is 0 Å². The predicted octanol–water partition coefficient (Wildman–Crippen LogP) is 2.58. The Morgan fingerprint density at radius 2 is 2.00 bits per heavy atom. The summed E-state index contributed by atoms with van der Waals surface area (Å²) in [5.41, 5.74) is 0.837. The molecule has 0 radical (unpaired) electrons. The fraction of sp³-hybridized carbons (Fsp3) is 0.385. The van der Waals surface area contributed by atoms with E-state index in [1.54, 1.807) is 6.07 Å². The molecule has 1 aromatic heterocycles. The van der Waals surface area contributed by atoms with Crippen molar-refractivity contribution in [3.63, 3.8) is 0 Å². The summed E-state index contributed by atoms with van der Waals surface area (Å²) < 4.78 is 0. The highest BCUT2D eigenvalue weighted by Gasteiger charge is 2.19. The molecule has 0 aliphatic carbocycles. The number of nitrogens with zero attached hydrogens (tertiary/aromatic N) is 3. The van der Waals surface area contributed by atoms with Crippen LogP contribution in [0.1, 0.15) is 6.92 Å². The Kier molecular flexibility index (Phi) is 3.83. The normalized spacial score (nSPS) is 19.4. The molecule has 2 heterocycles. The first-order valence-electron chi connectivity index (χ1n) is 6.49. The maximum Gasteiger partial charge on any atom is 0.245 e. The standard InChI is InChI=1S/C13H15Cl2N5/c1-8-7-20(3-2-16-8)13-17-12(18-19-13)9-4-10(14)6-11(15)5-9/h4-6,8,16H,2-3,7H2,1H3,(H,17,18,19)/t8-/m0/s1. The molecule has 3 rings (SSSR count). The number of aromatic amines is 1. The van der Waals surface area contributed by atoms with Gasteiger partial charge in [0.1, 0.15) is 0 Å². The van der Waals surface area contributed by atoms with Gasteiger partial charge in [-0.1, -0.05) is 23.2 Å². The zero-order valence-electron chi connectivity index (χ0n) is 11.0. The van der Waals surface area contributed by atoms with Crippen LogP contribution in [-0.2, 0) is 0 Å². The second kappa shape index (κ2) is 5.60. The summed E-state index contributed by atoms with van der Waals surface area (Å²) in [6, 6.07) is 5.77. The average Bonchev–Trinajstić information content (AvgIpc) is 2.87. The van der Waals surface area contributed by atoms with Crippen LogP contribution in [0.2, 0.25) is 10.0 Å². The fourth-order valence-electron chi connectivity index (χ4n) is 2.33. The third-order valence-corrected chi connectivity index (χ3v) is 3.70. The molecule has 0 unspecified atom stereocenters. The molecule has 7 heteroatoms. The Balaban J connectivity index is 1.86. The molecular formula is C13H15Cl2N5. The number of rotatable bonds is 2. The zero-order chi connectivity index (χ0) is 14.1. The van der Waals surface area contributed by atoms with E-state index in [1.165, 1.54) is 0 Å². The van der Waals surface area contributed by atoms with Gasteiger partial charge < -0.3 is 10.2 Å². The number of benzene rings is 1. The smallest absolute Gasteiger partial charge is 0.245 e. The number of anilines is 1. The van der Waals surface area contributed by atoms with Gasteiger partial charge in [0.15, 0.2) is 5.82 Å². The van der Waals surface area contributed by atoms with Crippen LogP contribution in [-0.4, -0.2) is 40.9 Å². The van der Waals surface area contributed by atoms with Crippen molar-refractivity contribution in [1.82, 2.24) is 20.5 Å². The summed E-state index contributed by atoms with van der Waals surface area (Å²) in [6.45, 7) is 4.88. The minimum Gasteiger partial charge on any atom is -0.337 e. The molecule has 1 fully saturated rings. The van der Waals surface area contributed by atoms with Gasteiger partial charge in [0.05, 0.1) is 0 Å². The van der Waals surface area contributed by atoms with Gasteiger partial charge in [-0.15, -0.1) is 5.10 Å². The number of nitrogens with one attached hydrogen (secondary N) is 2. The molecule has 1 aliphatic heterocycles. The van der Waals surface area contributed by atoms with Gasteiger partial charge >= 0.3 is 0 Å². The molecule has 2 aromatic rings. The SMILES string of the molecule is C[C@H]1CN(c2n[nH]c(-c3cc(Cl)cc(Cl)c3)n2)CCN1. The van der Waals surface area contributed by atoms with Gasteiger partial charge in [0.25, 0.3) is 0 Å². The van der Waals surface area contributed by atoms with E-state index in [1.807, 2.05) is 12.1 Å². The average molecular weight is 312 g/mol. The quantitative estimate of drug-likeness (QED) is 0.895. The first kappa shape index (κ1) is 13.7. The molecule has 1 aliphatic rings. The lowest BCUT2D eigenvalue weighted by molar-refractivity contribution is 0.480. The van der Waals surface area contributed by atoms with Gasteiger partial charge in [0, 0.05) is 41.3 Å². The van der Waals surface area contributed by atoms with Gasteiger partial charge in [-0.2, -0.15) is 4.98 Å². The van der Waals surface area contributed by atoms with E-state index in [0.717, 1.165) is 25.2 Å². The Labute approximate surface area is 127 Å². The Bertz CT molecular complexity index is 592. The number of hydrogen-bond donors (Lipinski definition) is 2. The third-order valence-electron chi connectivity index (χ3n) is 3.26. The maximum absolute atomic E-state index is 6.01. The van der Waals surface area contributed by atoms with Crippen LogP contribution in [0.15, 0.2) is 18.2 Å². The summed E-state index contributed by atoms with van der Waals surface area (Å²) in [4.78, 5) is 6.70. The summed E-state index contributed by atoms with van der Waals surface area (Å²) >= 11 is 12.0. The Morgan fingerprint density at radius 3 is 2.70 bits per heavy atom. The monoisotopic (exact) mass is 311 g/mol. The molecule has 0 saturated carbocycles. The van der Waals surface area contributed by atoms with Crippen LogP contribution < -0.4 is 10.2 Å². The van der Waals surface area contributed by atoms with Crippen molar-refractivity contribution in [1.29, 1.82) is 0 Å². The molecule has 5 nitrogen and oxygen atoms in total. The van der Waals surface area contributed by atoms with E-state index in [9.17, 15) is 0 Å². The molecule has 1 saturated heterocycles. The number of hydrogen-bond acceptors (Lipinski definition) is 4. The van der Waals surface area contributed by atoms with E-state index in [0.29, 0.717) is 27.9 Å². The minimum atomic E-state index is 0.436. The highest BCUT2D eigenvalue weighted by atomic mass is 35.5. The van der Waals surface area contributed by atoms with Crippen LogP contribution in [0.3, 0.4) is 0 Å². The van der Waals surface area contributed by atoms with E-state index in [4.69, 9.17) is 23.2 Å². The van der Waals surface area contributed by atoms with Crippen molar-refractivity contribution in [2.24, 2.45) is 0 Å². The zero-order valence-corrected chi connectivity index (χ0v) is 12.5. The molecule has 106 valence electrons. The van der Waals surface area contributed by atoms with Crippen molar-refractivity contribution in [2.75, 3.05) is 24.5 Å². The van der Waals surface area contributed by atoms with Crippen LogP contribution >= 0.6 is 23.2 Å². The van der Waals surface area contributed by atoms with Crippen molar-refractivity contribution >= 4 is 29.2 Å². The van der Waals surface area contributed by atoms with Crippen LogP contribution in [0.4, 0.5) is 5.95 Å². The number of H-pyrrole nitrogens is 1. The molecule has 20 heavy (non-hydrogen) atoms. The Morgan fingerprint density at radius 1 is 1.25 bits per heavy atom. The van der Waals surface area contributed by atoms with Crippen molar-refractivity contribution < 1.29 is 0 Å². The topological polar surface area (TPSA) is 56.8 Å². The van der Waals surface area contributed by atoms with E-state index in [2.05, 4.69) is 32.3 Å². The molecule has 0 spiro atoms. The van der Waals surface area contributed by atoms with Crippen molar-refractivity contribution in [2.45, 2.75) is 13.0 Å². The molecule has 2 N–H and O–H groups in total. The lowest BCUT2D eigenvalue weighted by atomic mass is 10.2. The van der Waals surface area contributed by atoms with Gasteiger partial charge in [-0.05, 0) is 25.1 Å². The first-order chi connectivity index (χ1) is 9.61. The Hall–Kier alpha value is -1.30. The molecule has 0 amide bonds.